The first kappa shape index (κ1) is 22.4. The van der Waals surface area contributed by atoms with Gasteiger partial charge in [-0.05, 0) is 49.7 Å². The Labute approximate surface area is 185 Å². The highest BCUT2D eigenvalue weighted by Crippen LogP contribution is 2.37. The Morgan fingerprint density at radius 1 is 1.17 bits per heavy atom. The van der Waals surface area contributed by atoms with Gasteiger partial charge in [-0.3, -0.25) is 0 Å². The number of hydrogen-bond donors (Lipinski definition) is 1. The van der Waals surface area contributed by atoms with Crippen LogP contribution in [0, 0.1) is 5.82 Å². The molecule has 1 heterocycles. The van der Waals surface area contributed by atoms with Gasteiger partial charge in [0.25, 0.3) is 0 Å². The topological polar surface area (TPSA) is 48.3 Å². The van der Waals surface area contributed by atoms with Crippen LogP contribution < -0.4 is 14.8 Å². The highest BCUT2D eigenvalue weighted by Gasteiger charge is 2.15. The second kappa shape index (κ2) is 11.2. The summed E-state index contributed by atoms with van der Waals surface area (Å²) in [5.74, 6) is 0.475. The molecule has 0 fully saturated rings. The smallest absolute Gasteiger partial charge is 0.180 e. The van der Waals surface area contributed by atoms with Crippen molar-refractivity contribution >= 4 is 23.2 Å². The van der Waals surface area contributed by atoms with Crippen LogP contribution >= 0.6 is 23.2 Å². The quantitative estimate of drug-likeness (QED) is 0.391. The third kappa shape index (κ3) is 6.11. The predicted octanol–water partition coefficient (Wildman–Crippen LogP) is 5.49. The fourth-order valence-corrected chi connectivity index (χ4v) is 3.48. The van der Waals surface area contributed by atoms with E-state index in [0.717, 1.165) is 25.1 Å². The monoisotopic (exact) mass is 451 g/mol. The number of halogens is 3. The van der Waals surface area contributed by atoms with Crippen LogP contribution in [0.15, 0.2) is 49.1 Å². The number of rotatable bonds is 11. The molecular formula is C22H24Cl2FN3O2. The summed E-state index contributed by atoms with van der Waals surface area (Å²) in [5.41, 5.74) is 1.25. The number of aromatic nitrogens is 2. The molecule has 3 aromatic rings. The van der Waals surface area contributed by atoms with E-state index in [2.05, 4.69) is 10.3 Å². The zero-order valence-electron chi connectivity index (χ0n) is 16.7. The minimum Gasteiger partial charge on any atom is -0.490 e. The van der Waals surface area contributed by atoms with Crippen LogP contribution in [0.1, 0.15) is 24.5 Å². The van der Waals surface area contributed by atoms with Gasteiger partial charge < -0.3 is 19.4 Å². The van der Waals surface area contributed by atoms with Gasteiger partial charge in [-0.15, -0.1) is 0 Å². The van der Waals surface area contributed by atoms with Crippen LogP contribution in [0.2, 0.25) is 10.0 Å². The van der Waals surface area contributed by atoms with Crippen molar-refractivity contribution in [3.8, 4) is 11.5 Å². The van der Waals surface area contributed by atoms with E-state index >= 15 is 0 Å². The average molecular weight is 452 g/mol. The fourth-order valence-electron chi connectivity index (χ4n) is 2.98. The van der Waals surface area contributed by atoms with Crippen LogP contribution in [0.25, 0.3) is 0 Å². The first-order chi connectivity index (χ1) is 14.6. The van der Waals surface area contributed by atoms with E-state index in [1.807, 2.05) is 29.8 Å². The number of nitrogens with zero attached hydrogens (tertiary/aromatic N) is 2. The van der Waals surface area contributed by atoms with Crippen molar-refractivity contribution in [1.29, 1.82) is 0 Å². The molecule has 0 aliphatic carbocycles. The van der Waals surface area contributed by atoms with Gasteiger partial charge in [0.1, 0.15) is 12.4 Å². The maximum absolute atomic E-state index is 14.0. The van der Waals surface area contributed by atoms with Crippen molar-refractivity contribution in [2.45, 2.75) is 33.0 Å². The van der Waals surface area contributed by atoms with E-state index < -0.39 is 5.82 Å². The fraction of sp³-hybridized carbons (Fsp3) is 0.318. The van der Waals surface area contributed by atoms with Crippen molar-refractivity contribution in [1.82, 2.24) is 14.9 Å². The zero-order valence-corrected chi connectivity index (χ0v) is 18.2. The van der Waals surface area contributed by atoms with Crippen molar-refractivity contribution in [2.24, 2.45) is 0 Å². The average Bonchev–Trinajstić information content (AvgIpc) is 3.23. The number of nitrogens with one attached hydrogen (secondary N) is 1. The molecule has 0 spiro atoms. The molecule has 0 radical (unpaired) electrons. The Balaban J connectivity index is 1.61. The summed E-state index contributed by atoms with van der Waals surface area (Å²) in [5, 5.41) is 4.11. The standard InChI is InChI=1S/C22H24Cl2FN3O2/c1-2-29-21-12-16(13-26-7-4-9-28-10-8-27-15-28)11-19(24)22(21)30-14-17-18(23)5-3-6-20(17)25/h3,5-6,8,10-12,15,26H,2,4,7,9,13-14H2,1H3. The zero-order chi connectivity index (χ0) is 21.3. The molecule has 1 aromatic heterocycles. The lowest BCUT2D eigenvalue weighted by Gasteiger charge is -2.16. The Morgan fingerprint density at radius 3 is 2.77 bits per heavy atom. The molecule has 0 aliphatic heterocycles. The molecule has 0 unspecified atom stereocenters. The van der Waals surface area contributed by atoms with Gasteiger partial charge in [0, 0.05) is 31.0 Å². The number of hydrogen-bond acceptors (Lipinski definition) is 4. The van der Waals surface area contributed by atoms with Crippen LogP contribution in [0.4, 0.5) is 4.39 Å². The maximum atomic E-state index is 14.0. The lowest BCUT2D eigenvalue weighted by atomic mass is 10.2. The summed E-state index contributed by atoms with van der Waals surface area (Å²) in [7, 11) is 0. The summed E-state index contributed by atoms with van der Waals surface area (Å²) in [6, 6.07) is 8.23. The van der Waals surface area contributed by atoms with Gasteiger partial charge in [0.15, 0.2) is 11.5 Å². The molecule has 1 N–H and O–H groups in total. The molecule has 0 saturated heterocycles. The second-order valence-corrected chi connectivity index (χ2v) is 7.47. The molecule has 0 aliphatic rings. The molecular weight excluding hydrogens is 428 g/mol. The highest BCUT2D eigenvalue weighted by molar-refractivity contribution is 6.32. The third-order valence-electron chi connectivity index (χ3n) is 4.45. The summed E-state index contributed by atoms with van der Waals surface area (Å²) in [6.07, 6.45) is 6.50. The Hall–Kier alpha value is -2.28. The largest absolute Gasteiger partial charge is 0.490 e. The summed E-state index contributed by atoms with van der Waals surface area (Å²) < 4.78 is 27.6. The summed E-state index contributed by atoms with van der Waals surface area (Å²) in [4.78, 5) is 4.03. The predicted molar refractivity (Wildman–Crippen MR) is 117 cm³/mol. The third-order valence-corrected chi connectivity index (χ3v) is 5.08. The summed E-state index contributed by atoms with van der Waals surface area (Å²) in [6.45, 7) is 4.69. The minimum atomic E-state index is -0.423. The Morgan fingerprint density at radius 2 is 2.03 bits per heavy atom. The lowest BCUT2D eigenvalue weighted by Crippen LogP contribution is -2.16. The van der Waals surface area contributed by atoms with Gasteiger partial charge in [-0.25, -0.2) is 9.37 Å². The van der Waals surface area contributed by atoms with Crippen LogP contribution in [0.3, 0.4) is 0 Å². The lowest BCUT2D eigenvalue weighted by molar-refractivity contribution is 0.266. The molecule has 0 atom stereocenters. The molecule has 5 nitrogen and oxygen atoms in total. The normalized spacial score (nSPS) is 10.9. The second-order valence-electron chi connectivity index (χ2n) is 6.66. The maximum Gasteiger partial charge on any atom is 0.180 e. The van der Waals surface area contributed by atoms with Crippen LogP contribution in [0.5, 0.6) is 11.5 Å². The Kier molecular flexibility index (Phi) is 8.37. The molecule has 30 heavy (non-hydrogen) atoms. The van der Waals surface area contributed by atoms with Gasteiger partial charge in [0.05, 0.1) is 23.0 Å². The van der Waals surface area contributed by atoms with Crippen LogP contribution in [-0.4, -0.2) is 22.7 Å². The van der Waals surface area contributed by atoms with E-state index in [1.165, 1.54) is 6.07 Å². The first-order valence-corrected chi connectivity index (χ1v) is 10.5. The van der Waals surface area contributed by atoms with E-state index in [-0.39, 0.29) is 12.2 Å². The van der Waals surface area contributed by atoms with Crippen molar-refractivity contribution in [3.63, 3.8) is 0 Å². The first-order valence-electron chi connectivity index (χ1n) is 9.75. The van der Waals surface area contributed by atoms with Crippen molar-refractivity contribution in [3.05, 3.63) is 76.0 Å². The molecule has 160 valence electrons. The SMILES string of the molecule is CCOc1cc(CNCCCn2ccnc2)cc(Cl)c1OCc1c(F)cccc1Cl. The molecule has 0 bridgehead atoms. The Bertz CT molecular complexity index is 932. The van der Waals surface area contributed by atoms with Crippen molar-refractivity contribution < 1.29 is 13.9 Å². The number of benzene rings is 2. The van der Waals surface area contributed by atoms with Gasteiger partial charge >= 0.3 is 0 Å². The van der Waals surface area contributed by atoms with Gasteiger partial charge in [-0.2, -0.15) is 0 Å². The van der Waals surface area contributed by atoms with Gasteiger partial charge in [-0.1, -0.05) is 29.3 Å². The van der Waals surface area contributed by atoms with Gasteiger partial charge in [0.2, 0.25) is 0 Å². The molecule has 3 rings (SSSR count). The minimum absolute atomic E-state index is 0.0445. The van der Waals surface area contributed by atoms with Crippen molar-refractivity contribution in [2.75, 3.05) is 13.2 Å². The van der Waals surface area contributed by atoms with E-state index in [4.69, 9.17) is 32.7 Å². The van der Waals surface area contributed by atoms with E-state index in [1.54, 1.807) is 24.7 Å². The number of imidazole rings is 1. The van der Waals surface area contributed by atoms with Crippen LogP contribution in [-0.2, 0) is 19.7 Å². The molecule has 0 saturated carbocycles. The van der Waals surface area contributed by atoms with E-state index in [0.29, 0.717) is 34.7 Å². The molecule has 8 heteroatoms. The molecule has 2 aromatic carbocycles. The number of aryl methyl sites for hydroxylation is 1. The molecule has 0 amide bonds. The summed E-state index contributed by atoms with van der Waals surface area (Å²) >= 11 is 12.5. The number of ether oxygens (including phenoxy) is 2. The highest BCUT2D eigenvalue weighted by atomic mass is 35.5. The van der Waals surface area contributed by atoms with E-state index in [9.17, 15) is 4.39 Å².